The first-order valence-electron chi connectivity index (χ1n) is 4.62. The maximum atomic E-state index is 11.5. The van der Waals surface area contributed by atoms with Gasteiger partial charge in [0.15, 0.2) is 0 Å². The van der Waals surface area contributed by atoms with Crippen LogP contribution >= 0.6 is 11.3 Å². The number of carbonyl (C=O) groups excluding carboxylic acids is 2. The summed E-state index contributed by atoms with van der Waals surface area (Å²) in [6, 6.07) is 3.41. The van der Waals surface area contributed by atoms with Gasteiger partial charge in [0.05, 0.1) is 4.88 Å². The number of nitrogens with zero attached hydrogens (tertiary/aromatic N) is 1. The van der Waals surface area contributed by atoms with Gasteiger partial charge in [-0.3, -0.25) is 9.59 Å². The van der Waals surface area contributed by atoms with Gasteiger partial charge in [0, 0.05) is 13.1 Å². The Morgan fingerprint density at radius 1 is 1.47 bits per heavy atom. The summed E-state index contributed by atoms with van der Waals surface area (Å²) in [6.07, 6.45) is 0. The van der Waals surface area contributed by atoms with E-state index >= 15 is 0 Å². The van der Waals surface area contributed by atoms with Crippen LogP contribution in [-0.4, -0.2) is 43.8 Å². The number of Topliss-reactive ketones (excluding diaryl/α,β-unsaturated/α-hetero) is 1. The zero-order valence-electron chi connectivity index (χ0n) is 8.82. The van der Waals surface area contributed by atoms with Crippen LogP contribution in [0.2, 0.25) is 0 Å². The molecule has 82 valence electrons. The summed E-state index contributed by atoms with van der Waals surface area (Å²) in [5.41, 5.74) is 0. The Labute approximate surface area is 92.9 Å². The van der Waals surface area contributed by atoms with Crippen LogP contribution in [0.25, 0.3) is 0 Å². The quantitative estimate of drug-likeness (QED) is 0.591. The summed E-state index contributed by atoms with van der Waals surface area (Å²) in [5.74, 6) is -0.983. The van der Waals surface area contributed by atoms with E-state index in [2.05, 4.69) is 5.32 Å². The van der Waals surface area contributed by atoms with Crippen LogP contribution in [0.4, 0.5) is 0 Å². The fourth-order valence-electron chi connectivity index (χ4n) is 0.993. The Hall–Kier alpha value is -1.20. The van der Waals surface area contributed by atoms with Crippen LogP contribution in [0.3, 0.4) is 0 Å². The SMILES string of the molecule is CN(C)CCNC(=O)C(=O)c1cccs1. The lowest BCUT2D eigenvalue weighted by Crippen LogP contribution is -2.35. The molecule has 0 unspecified atom stereocenters. The van der Waals surface area contributed by atoms with Gasteiger partial charge in [-0.15, -0.1) is 11.3 Å². The molecule has 15 heavy (non-hydrogen) atoms. The monoisotopic (exact) mass is 226 g/mol. The molecule has 1 heterocycles. The van der Waals surface area contributed by atoms with E-state index in [1.165, 1.54) is 11.3 Å². The molecule has 0 spiro atoms. The molecule has 0 fully saturated rings. The molecule has 0 aliphatic heterocycles. The number of carbonyl (C=O) groups is 2. The summed E-state index contributed by atoms with van der Waals surface area (Å²) in [5, 5.41) is 4.36. The molecule has 1 amide bonds. The standard InChI is InChI=1S/C10H14N2O2S/c1-12(2)6-5-11-10(14)9(13)8-4-3-7-15-8/h3-4,7H,5-6H2,1-2H3,(H,11,14). The van der Waals surface area contributed by atoms with Crippen LogP contribution in [-0.2, 0) is 4.79 Å². The lowest BCUT2D eigenvalue weighted by molar-refractivity contribution is -0.117. The van der Waals surface area contributed by atoms with E-state index in [4.69, 9.17) is 0 Å². The maximum Gasteiger partial charge on any atom is 0.293 e. The van der Waals surface area contributed by atoms with Gasteiger partial charge in [-0.2, -0.15) is 0 Å². The number of hydrogen-bond acceptors (Lipinski definition) is 4. The van der Waals surface area contributed by atoms with E-state index in [-0.39, 0.29) is 0 Å². The highest BCUT2D eigenvalue weighted by atomic mass is 32.1. The molecule has 0 aromatic carbocycles. The van der Waals surface area contributed by atoms with Gasteiger partial charge in [-0.05, 0) is 25.5 Å². The molecule has 4 nitrogen and oxygen atoms in total. The Kier molecular flexibility index (Phi) is 4.45. The minimum Gasteiger partial charge on any atom is -0.348 e. The minimum absolute atomic E-state index is 0.455. The number of thiophene rings is 1. The van der Waals surface area contributed by atoms with Crippen molar-refractivity contribution in [2.75, 3.05) is 27.2 Å². The Balaban J connectivity index is 2.38. The Bertz CT molecular complexity index is 333. The van der Waals surface area contributed by atoms with Crippen molar-refractivity contribution < 1.29 is 9.59 Å². The predicted molar refractivity (Wildman–Crippen MR) is 60.2 cm³/mol. The van der Waals surface area contributed by atoms with Crippen LogP contribution in [0.1, 0.15) is 9.67 Å². The Morgan fingerprint density at radius 2 is 2.20 bits per heavy atom. The van der Waals surface area contributed by atoms with Crippen LogP contribution in [0, 0.1) is 0 Å². The summed E-state index contributed by atoms with van der Waals surface area (Å²) >= 11 is 1.28. The van der Waals surface area contributed by atoms with Gasteiger partial charge in [0.25, 0.3) is 11.7 Å². The van der Waals surface area contributed by atoms with Crippen molar-refractivity contribution >= 4 is 23.0 Å². The maximum absolute atomic E-state index is 11.5. The molecular formula is C10H14N2O2S. The lowest BCUT2D eigenvalue weighted by Gasteiger charge is -2.09. The van der Waals surface area contributed by atoms with Crippen molar-refractivity contribution in [3.8, 4) is 0 Å². The highest BCUT2D eigenvalue weighted by Crippen LogP contribution is 2.08. The largest absolute Gasteiger partial charge is 0.348 e. The number of ketones is 1. The first-order valence-corrected chi connectivity index (χ1v) is 5.50. The topological polar surface area (TPSA) is 49.4 Å². The normalized spacial score (nSPS) is 10.3. The lowest BCUT2D eigenvalue weighted by atomic mass is 10.3. The van der Waals surface area contributed by atoms with E-state index in [1.54, 1.807) is 17.5 Å². The first kappa shape index (κ1) is 11.9. The average molecular weight is 226 g/mol. The van der Waals surface area contributed by atoms with Gasteiger partial charge in [-0.1, -0.05) is 6.07 Å². The number of nitrogens with one attached hydrogen (secondary N) is 1. The molecule has 0 radical (unpaired) electrons. The molecule has 0 aliphatic carbocycles. The highest BCUT2D eigenvalue weighted by Gasteiger charge is 2.15. The second-order valence-corrected chi connectivity index (χ2v) is 4.31. The fourth-order valence-corrected chi connectivity index (χ4v) is 1.65. The zero-order valence-corrected chi connectivity index (χ0v) is 9.63. The Morgan fingerprint density at radius 3 is 2.73 bits per heavy atom. The van der Waals surface area contributed by atoms with E-state index in [1.807, 2.05) is 19.0 Å². The highest BCUT2D eigenvalue weighted by molar-refractivity contribution is 7.13. The molecule has 1 rings (SSSR count). The predicted octanol–water partition coefficient (Wildman–Crippen LogP) is 0.609. The third kappa shape index (κ3) is 3.81. The van der Waals surface area contributed by atoms with Crippen molar-refractivity contribution in [2.45, 2.75) is 0 Å². The second-order valence-electron chi connectivity index (χ2n) is 3.37. The van der Waals surface area contributed by atoms with Gasteiger partial charge in [-0.25, -0.2) is 0 Å². The fraction of sp³-hybridized carbons (Fsp3) is 0.400. The molecule has 1 N–H and O–H groups in total. The van der Waals surface area contributed by atoms with Gasteiger partial charge >= 0.3 is 0 Å². The van der Waals surface area contributed by atoms with Gasteiger partial charge < -0.3 is 10.2 Å². The molecule has 0 saturated heterocycles. The van der Waals surface area contributed by atoms with Crippen LogP contribution in [0.15, 0.2) is 17.5 Å². The van der Waals surface area contributed by atoms with E-state index in [0.717, 1.165) is 6.54 Å². The van der Waals surface area contributed by atoms with Crippen LogP contribution in [0.5, 0.6) is 0 Å². The third-order valence-electron chi connectivity index (χ3n) is 1.80. The molecule has 5 heteroatoms. The number of rotatable bonds is 5. The smallest absolute Gasteiger partial charge is 0.293 e. The van der Waals surface area contributed by atoms with Crippen molar-refractivity contribution in [3.05, 3.63) is 22.4 Å². The number of amides is 1. The van der Waals surface area contributed by atoms with Crippen molar-refractivity contribution in [1.29, 1.82) is 0 Å². The first-order chi connectivity index (χ1) is 7.11. The molecule has 0 bridgehead atoms. The molecule has 0 atom stereocenters. The zero-order chi connectivity index (χ0) is 11.3. The third-order valence-corrected chi connectivity index (χ3v) is 2.66. The summed E-state index contributed by atoms with van der Waals surface area (Å²) < 4.78 is 0. The van der Waals surface area contributed by atoms with Gasteiger partial charge in [0.1, 0.15) is 0 Å². The number of likely N-dealkylation sites (N-methyl/N-ethyl adjacent to an activating group) is 1. The van der Waals surface area contributed by atoms with E-state index in [0.29, 0.717) is 11.4 Å². The summed E-state index contributed by atoms with van der Waals surface area (Å²) in [6.45, 7) is 1.21. The molecule has 0 saturated carbocycles. The molecule has 1 aromatic heterocycles. The second kappa shape index (κ2) is 5.63. The van der Waals surface area contributed by atoms with E-state index < -0.39 is 11.7 Å². The number of hydrogen-bond donors (Lipinski definition) is 1. The molecular weight excluding hydrogens is 212 g/mol. The summed E-state index contributed by atoms with van der Waals surface area (Å²) in [4.78, 5) is 25.2. The van der Waals surface area contributed by atoms with Gasteiger partial charge in [0.2, 0.25) is 0 Å². The van der Waals surface area contributed by atoms with E-state index in [9.17, 15) is 9.59 Å². The molecule has 1 aromatic rings. The average Bonchev–Trinajstić information content (AvgIpc) is 2.68. The minimum atomic E-state index is -0.528. The molecule has 0 aliphatic rings. The van der Waals surface area contributed by atoms with Crippen molar-refractivity contribution in [2.24, 2.45) is 0 Å². The van der Waals surface area contributed by atoms with Crippen molar-refractivity contribution in [3.63, 3.8) is 0 Å². The van der Waals surface area contributed by atoms with Crippen molar-refractivity contribution in [1.82, 2.24) is 10.2 Å². The summed E-state index contributed by atoms with van der Waals surface area (Å²) in [7, 11) is 3.82. The van der Waals surface area contributed by atoms with Crippen LogP contribution < -0.4 is 5.32 Å².